The van der Waals surface area contributed by atoms with E-state index in [4.69, 9.17) is 10.5 Å². The Bertz CT molecular complexity index is 453. The molecular weight excluding hydrogens is 271 g/mol. The van der Waals surface area contributed by atoms with Crippen molar-refractivity contribution in [3.63, 3.8) is 0 Å². The van der Waals surface area contributed by atoms with Crippen LogP contribution in [0.15, 0.2) is 18.3 Å². The molecule has 3 N–H and O–H groups in total. The van der Waals surface area contributed by atoms with Crippen LogP contribution in [-0.4, -0.2) is 37.5 Å². The zero-order valence-corrected chi connectivity index (χ0v) is 11.2. The zero-order chi connectivity index (χ0) is 14.8. The van der Waals surface area contributed by atoms with Crippen LogP contribution < -0.4 is 11.1 Å². The lowest BCUT2D eigenvalue weighted by Gasteiger charge is -2.23. The van der Waals surface area contributed by atoms with Gasteiger partial charge in [-0.05, 0) is 36.6 Å². The zero-order valence-electron chi connectivity index (χ0n) is 11.2. The lowest BCUT2D eigenvalue weighted by Crippen LogP contribution is -2.36. The summed E-state index contributed by atoms with van der Waals surface area (Å²) in [6.45, 7) is 0.681. The normalized spacial score (nSPS) is 24.8. The molecule has 2 rings (SSSR count). The summed E-state index contributed by atoms with van der Waals surface area (Å²) in [5, 5.41) is 2.54. The quantitative estimate of drug-likeness (QED) is 0.889. The Kier molecular flexibility index (Phi) is 4.49. The number of nitrogens with two attached hydrogens (primary N) is 1. The van der Waals surface area contributed by atoms with Crippen molar-refractivity contribution in [3.05, 3.63) is 23.9 Å². The molecule has 1 aliphatic rings. The number of methoxy groups -OCH3 is 1. The van der Waals surface area contributed by atoms with Crippen LogP contribution in [0.3, 0.4) is 0 Å². The van der Waals surface area contributed by atoms with Crippen molar-refractivity contribution in [1.82, 2.24) is 10.3 Å². The number of hydrogen-bond donors (Lipinski definition) is 2. The number of rotatable bonds is 4. The molecule has 1 saturated heterocycles. The van der Waals surface area contributed by atoms with Gasteiger partial charge in [0.05, 0.1) is 6.61 Å². The van der Waals surface area contributed by atoms with Crippen molar-refractivity contribution in [2.45, 2.75) is 24.6 Å². The number of alkyl halides is 3. The minimum Gasteiger partial charge on any atom is -0.384 e. The molecule has 1 fully saturated rings. The summed E-state index contributed by atoms with van der Waals surface area (Å²) >= 11 is 0. The second kappa shape index (κ2) is 5.97. The fourth-order valence-electron chi connectivity index (χ4n) is 2.70. The molecule has 2 heterocycles. The Morgan fingerprint density at radius 1 is 1.55 bits per heavy atom. The smallest absolute Gasteiger partial charge is 0.384 e. The van der Waals surface area contributed by atoms with Crippen LogP contribution >= 0.6 is 0 Å². The van der Waals surface area contributed by atoms with Gasteiger partial charge in [-0.25, -0.2) is 4.98 Å². The molecule has 1 aromatic heterocycles. The van der Waals surface area contributed by atoms with Gasteiger partial charge in [0.25, 0.3) is 0 Å². The lowest BCUT2D eigenvalue weighted by molar-refractivity contribution is -0.152. The number of ether oxygens (including phenoxy) is 1. The molecule has 0 saturated carbocycles. The van der Waals surface area contributed by atoms with Crippen molar-refractivity contribution in [3.8, 4) is 0 Å². The summed E-state index contributed by atoms with van der Waals surface area (Å²) in [5.41, 5.74) is 6.51. The highest BCUT2D eigenvalue weighted by molar-refractivity contribution is 5.34. The van der Waals surface area contributed by atoms with E-state index < -0.39 is 12.2 Å². The maximum Gasteiger partial charge on any atom is 0.403 e. The second-order valence-corrected chi connectivity index (χ2v) is 5.07. The van der Waals surface area contributed by atoms with Gasteiger partial charge in [0.15, 0.2) is 0 Å². The number of nitrogens with one attached hydrogen (secondary N) is 1. The Labute approximate surface area is 115 Å². The minimum atomic E-state index is -4.20. The van der Waals surface area contributed by atoms with Gasteiger partial charge in [-0.2, -0.15) is 13.2 Å². The number of pyridine rings is 1. The van der Waals surface area contributed by atoms with E-state index in [2.05, 4.69) is 10.3 Å². The number of aromatic nitrogens is 1. The fourth-order valence-corrected chi connectivity index (χ4v) is 2.70. The molecule has 0 amide bonds. The largest absolute Gasteiger partial charge is 0.403 e. The summed E-state index contributed by atoms with van der Waals surface area (Å²) in [6.07, 6.45) is -2.58. The van der Waals surface area contributed by atoms with Crippen molar-refractivity contribution < 1.29 is 17.9 Å². The van der Waals surface area contributed by atoms with E-state index >= 15 is 0 Å². The van der Waals surface area contributed by atoms with Gasteiger partial charge in [-0.1, -0.05) is 0 Å². The second-order valence-electron chi connectivity index (χ2n) is 5.07. The van der Waals surface area contributed by atoms with Crippen LogP contribution in [0.25, 0.3) is 0 Å². The lowest BCUT2D eigenvalue weighted by atomic mass is 9.85. The van der Waals surface area contributed by atoms with Crippen molar-refractivity contribution in [1.29, 1.82) is 0 Å². The van der Waals surface area contributed by atoms with Gasteiger partial charge in [0.1, 0.15) is 11.9 Å². The Morgan fingerprint density at radius 3 is 2.85 bits per heavy atom. The van der Waals surface area contributed by atoms with Crippen molar-refractivity contribution in [2.75, 3.05) is 26.0 Å². The molecule has 3 atom stereocenters. The summed E-state index contributed by atoms with van der Waals surface area (Å²) in [6, 6.07) is 2.04. The van der Waals surface area contributed by atoms with E-state index in [0.717, 1.165) is 5.56 Å². The average Bonchev–Trinajstić information content (AvgIpc) is 2.85. The first-order chi connectivity index (χ1) is 9.41. The molecular formula is C13H18F3N3O. The summed E-state index contributed by atoms with van der Waals surface area (Å²) in [5.74, 6) is 0.107. The third kappa shape index (κ3) is 3.40. The van der Waals surface area contributed by atoms with Gasteiger partial charge in [-0.3, -0.25) is 0 Å². The Hall–Kier alpha value is -1.34. The predicted octanol–water partition coefficient (Wildman–Crippen LogP) is 1.93. The van der Waals surface area contributed by atoms with E-state index in [9.17, 15) is 13.2 Å². The fraction of sp³-hybridized carbons (Fsp3) is 0.615. The molecule has 0 aliphatic carbocycles. The van der Waals surface area contributed by atoms with Gasteiger partial charge in [-0.15, -0.1) is 0 Å². The predicted molar refractivity (Wildman–Crippen MR) is 69.2 cm³/mol. The number of hydrogen-bond acceptors (Lipinski definition) is 4. The van der Waals surface area contributed by atoms with Crippen LogP contribution in [0, 0.1) is 5.92 Å². The molecule has 2 unspecified atom stereocenters. The SMILES string of the molecule is COCC(c1ccnc(N)c1)C1CN[C@H](C(F)(F)F)C1. The molecule has 4 nitrogen and oxygen atoms in total. The molecule has 20 heavy (non-hydrogen) atoms. The van der Waals surface area contributed by atoms with E-state index in [1.165, 1.54) is 0 Å². The highest BCUT2D eigenvalue weighted by Crippen LogP contribution is 2.36. The molecule has 0 aromatic carbocycles. The number of nitrogens with zero attached hydrogens (tertiary/aromatic N) is 1. The van der Waals surface area contributed by atoms with Crippen LogP contribution in [0.5, 0.6) is 0 Å². The Morgan fingerprint density at radius 2 is 2.30 bits per heavy atom. The van der Waals surface area contributed by atoms with E-state index in [1.807, 2.05) is 0 Å². The van der Waals surface area contributed by atoms with Crippen molar-refractivity contribution >= 4 is 5.82 Å². The Balaban J connectivity index is 2.14. The number of nitrogen functional groups attached to an aromatic ring is 1. The summed E-state index contributed by atoms with van der Waals surface area (Å²) in [7, 11) is 1.54. The highest BCUT2D eigenvalue weighted by atomic mass is 19.4. The van der Waals surface area contributed by atoms with Gasteiger partial charge >= 0.3 is 6.18 Å². The minimum absolute atomic E-state index is 0.0553. The first kappa shape index (κ1) is 15.1. The highest BCUT2D eigenvalue weighted by Gasteiger charge is 2.45. The average molecular weight is 289 g/mol. The maximum atomic E-state index is 12.7. The third-order valence-corrected chi connectivity index (χ3v) is 3.71. The molecule has 0 spiro atoms. The first-order valence-electron chi connectivity index (χ1n) is 6.42. The van der Waals surface area contributed by atoms with Crippen LogP contribution in [0.2, 0.25) is 0 Å². The van der Waals surface area contributed by atoms with Gasteiger partial charge < -0.3 is 15.8 Å². The van der Waals surface area contributed by atoms with Crippen LogP contribution in [-0.2, 0) is 4.74 Å². The van der Waals surface area contributed by atoms with Crippen molar-refractivity contribution in [2.24, 2.45) is 5.92 Å². The third-order valence-electron chi connectivity index (χ3n) is 3.71. The van der Waals surface area contributed by atoms with E-state index in [1.54, 1.807) is 25.4 Å². The monoisotopic (exact) mass is 289 g/mol. The van der Waals surface area contributed by atoms with Crippen LogP contribution in [0.1, 0.15) is 17.9 Å². The van der Waals surface area contributed by atoms with Crippen LogP contribution in [0.4, 0.5) is 19.0 Å². The summed E-state index contributed by atoms with van der Waals surface area (Å²) < 4.78 is 43.3. The molecule has 1 aliphatic heterocycles. The number of halogens is 3. The molecule has 0 radical (unpaired) electrons. The summed E-state index contributed by atoms with van der Waals surface area (Å²) in [4.78, 5) is 3.90. The van der Waals surface area contributed by atoms with E-state index in [-0.39, 0.29) is 18.3 Å². The molecule has 112 valence electrons. The first-order valence-corrected chi connectivity index (χ1v) is 6.42. The molecule has 0 bridgehead atoms. The number of anilines is 1. The van der Waals surface area contributed by atoms with E-state index in [0.29, 0.717) is 19.0 Å². The maximum absolute atomic E-state index is 12.7. The standard InChI is InChI=1S/C13H18F3N3O/c1-20-7-10(8-2-3-18-12(17)5-8)9-4-11(19-6-9)13(14,15)16/h2-3,5,9-11,19H,4,6-7H2,1H3,(H2,17,18)/t9?,10?,11-/m0/s1. The van der Waals surface area contributed by atoms with Gasteiger partial charge in [0.2, 0.25) is 0 Å². The topological polar surface area (TPSA) is 60.2 Å². The molecule has 7 heteroatoms. The molecule has 1 aromatic rings. The van der Waals surface area contributed by atoms with Gasteiger partial charge in [0, 0.05) is 19.2 Å².